The van der Waals surface area contributed by atoms with Gasteiger partial charge in [0.05, 0.1) is 11.6 Å². The molecule has 2 aromatic heterocycles. The maximum absolute atomic E-state index is 14.9. The molecule has 2 aliphatic heterocycles. The molecule has 3 aromatic rings. The Hall–Kier alpha value is -3.76. The van der Waals surface area contributed by atoms with E-state index in [1.165, 1.54) is 24.4 Å². The summed E-state index contributed by atoms with van der Waals surface area (Å²) in [5, 5.41) is 2.77. The Morgan fingerprint density at radius 2 is 1.56 bits per heavy atom. The molecule has 2 unspecified atom stereocenters. The zero-order valence-electron chi connectivity index (χ0n) is 21.7. The summed E-state index contributed by atoms with van der Waals surface area (Å²) >= 11 is 0. The minimum atomic E-state index is -1.19. The predicted molar refractivity (Wildman–Crippen MR) is 142 cm³/mol. The van der Waals surface area contributed by atoms with Crippen molar-refractivity contribution < 1.29 is 18.4 Å². The molecule has 0 spiro atoms. The average molecular weight is 535 g/mol. The molecule has 204 valence electrons. The predicted octanol–water partition coefficient (Wildman–Crippen LogP) is 2.92. The number of carbonyl (C=O) groups excluding carboxylic acids is 2. The van der Waals surface area contributed by atoms with Gasteiger partial charge in [-0.3, -0.25) is 29.4 Å². The minimum absolute atomic E-state index is 0.138. The van der Waals surface area contributed by atoms with Crippen LogP contribution in [0.4, 0.5) is 8.78 Å². The molecule has 1 N–H and O–H groups in total. The van der Waals surface area contributed by atoms with Gasteiger partial charge in [-0.15, -0.1) is 0 Å². The van der Waals surface area contributed by atoms with Gasteiger partial charge in [0.1, 0.15) is 17.7 Å². The van der Waals surface area contributed by atoms with Crippen LogP contribution in [0.2, 0.25) is 0 Å². The number of amides is 2. The van der Waals surface area contributed by atoms with Crippen molar-refractivity contribution >= 4 is 11.8 Å². The summed E-state index contributed by atoms with van der Waals surface area (Å²) in [6.07, 6.45) is 4.17. The molecule has 8 nitrogen and oxygen atoms in total. The third-order valence-electron chi connectivity index (χ3n) is 7.32. The minimum Gasteiger partial charge on any atom is -0.345 e. The standard InChI is InChI=1S/C29H32F2N6O2/c30-24-4-1-21(2-5-24)18-35-13-15-37(16-14-35)29(39)23-3-6-27(33-17-23)28(38)34-26-9-12-36(20-25(26)31)19-22-7-10-32-11-8-22/h1-8,10-11,17,25-26H,9,12-16,18-20H2,(H,34,38). The fourth-order valence-electron chi connectivity index (χ4n) is 5.06. The second-order valence-corrected chi connectivity index (χ2v) is 10.1. The summed E-state index contributed by atoms with van der Waals surface area (Å²) in [6, 6.07) is 12.8. The quantitative estimate of drug-likeness (QED) is 0.502. The molecular weight excluding hydrogens is 502 g/mol. The van der Waals surface area contributed by atoms with Crippen molar-refractivity contribution in [3.05, 3.63) is 95.3 Å². The highest BCUT2D eigenvalue weighted by Gasteiger charge is 2.31. The first-order chi connectivity index (χ1) is 18.9. The number of likely N-dealkylation sites (tertiary alicyclic amines) is 1. The molecule has 39 heavy (non-hydrogen) atoms. The van der Waals surface area contributed by atoms with Crippen molar-refractivity contribution in [3.63, 3.8) is 0 Å². The summed E-state index contributed by atoms with van der Waals surface area (Å²) in [5.41, 5.74) is 2.67. The van der Waals surface area contributed by atoms with Gasteiger partial charge >= 0.3 is 0 Å². The Labute approximate surface area is 226 Å². The van der Waals surface area contributed by atoms with E-state index < -0.39 is 18.1 Å². The molecule has 2 fully saturated rings. The Morgan fingerprint density at radius 3 is 2.23 bits per heavy atom. The van der Waals surface area contributed by atoms with Crippen molar-refractivity contribution in [1.82, 2.24) is 30.0 Å². The zero-order chi connectivity index (χ0) is 27.2. The normalized spacial score (nSPS) is 20.5. The van der Waals surface area contributed by atoms with Gasteiger partial charge < -0.3 is 10.2 Å². The number of piperazine rings is 1. The molecule has 2 aliphatic rings. The van der Waals surface area contributed by atoms with E-state index in [9.17, 15) is 18.4 Å². The summed E-state index contributed by atoms with van der Waals surface area (Å²) in [7, 11) is 0. The average Bonchev–Trinajstić information content (AvgIpc) is 2.96. The number of hydrogen-bond donors (Lipinski definition) is 1. The zero-order valence-corrected chi connectivity index (χ0v) is 21.7. The van der Waals surface area contributed by atoms with Crippen LogP contribution in [-0.2, 0) is 13.1 Å². The topological polar surface area (TPSA) is 81.7 Å². The molecule has 0 bridgehead atoms. The van der Waals surface area contributed by atoms with Gasteiger partial charge in [-0.05, 0) is 53.9 Å². The summed E-state index contributed by atoms with van der Waals surface area (Å²) in [6.45, 7) is 4.82. The SMILES string of the molecule is O=C(NC1CCN(Cc2ccncc2)CC1F)c1ccc(C(=O)N2CCN(Cc3ccc(F)cc3)CC2)cn1. The Morgan fingerprint density at radius 1 is 0.872 bits per heavy atom. The maximum atomic E-state index is 14.9. The molecule has 0 radical (unpaired) electrons. The molecule has 2 atom stereocenters. The molecule has 0 aliphatic carbocycles. The first-order valence-electron chi connectivity index (χ1n) is 13.2. The van der Waals surface area contributed by atoms with E-state index in [-0.39, 0.29) is 24.0 Å². The van der Waals surface area contributed by atoms with E-state index in [0.717, 1.165) is 11.1 Å². The van der Waals surface area contributed by atoms with Gasteiger partial charge in [-0.1, -0.05) is 12.1 Å². The van der Waals surface area contributed by atoms with Crippen molar-refractivity contribution in [2.24, 2.45) is 0 Å². The third kappa shape index (κ3) is 7.01. The Balaban J connectivity index is 1.08. The maximum Gasteiger partial charge on any atom is 0.270 e. The number of nitrogens with zero attached hydrogens (tertiary/aromatic N) is 5. The van der Waals surface area contributed by atoms with Crippen molar-refractivity contribution in [3.8, 4) is 0 Å². The van der Waals surface area contributed by atoms with Gasteiger partial charge in [-0.25, -0.2) is 8.78 Å². The number of aromatic nitrogens is 2. The van der Waals surface area contributed by atoms with E-state index in [4.69, 9.17) is 0 Å². The molecule has 5 rings (SSSR count). The molecule has 0 saturated carbocycles. The lowest BCUT2D eigenvalue weighted by molar-refractivity contribution is 0.0627. The van der Waals surface area contributed by atoms with Crippen LogP contribution in [0.25, 0.3) is 0 Å². The van der Waals surface area contributed by atoms with E-state index in [1.54, 1.807) is 35.5 Å². The molecular formula is C29H32F2N6O2. The number of piperidine rings is 1. The highest BCUT2D eigenvalue weighted by Crippen LogP contribution is 2.18. The van der Waals surface area contributed by atoms with Gasteiger partial charge in [0, 0.05) is 70.9 Å². The van der Waals surface area contributed by atoms with Crippen LogP contribution < -0.4 is 5.32 Å². The second kappa shape index (κ2) is 12.4. The first-order valence-corrected chi connectivity index (χ1v) is 13.2. The van der Waals surface area contributed by atoms with Crippen molar-refractivity contribution in [1.29, 1.82) is 0 Å². The fraction of sp³-hybridized carbons (Fsp3) is 0.379. The summed E-state index contributed by atoms with van der Waals surface area (Å²) < 4.78 is 28.0. The molecule has 10 heteroatoms. The van der Waals surface area contributed by atoms with Gasteiger partial charge in [0.25, 0.3) is 11.8 Å². The number of rotatable bonds is 7. The molecule has 2 amide bonds. The second-order valence-electron chi connectivity index (χ2n) is 10.1. The number of carbonyl (C=O) groups is 2. The Bertz CT molecular complexity index is 1250. The van der Waals surface area contributed by atoms with Gasteiger partial charge in [0.2, 0.25) is 0 Å². The highest BCUT2D eigenvalue weighted by atomic mass is 19.1. The van der Waals surface area contributed by atoms with E-state index in [0.29, 0.717) is 57.8 Å². The van der Waals surface area contributed by atoms with Crippen LogP contribution in [-0.4, -0.2) is 88.0 Å². The van der Waals surface area contributed by atoms with Crippen molar-refractivity contribution in [2.75, 3.05) is 39.3 Å². The molecule has 4 heterocycles. The smallest absolute Gasteiger partial charge is 0.270 e. The van der Waals surface area contributed by atoms with Crippen molar-refractivity contribution in [2.45, 2.75) is 31.7 Å². The van der Waals surface area contributed by atoms with E-state index in [1.807, 2.05) is 17.0 Å². The molecule has 2 saturated heterocycles. The van der Waals surface area contributed by atoms with Crippen LogP contribution in [0.3, 0.4) is 0 Å². The number of alkyl halides is 1. The van der Waals surface area contributed by atoms with Crippen LogP contribution in [0.15, 0.2) is 67.1 Å². The number of halogens is 2. The van der Waals surface area contributed by atoms with E-state index >= 15 is 0 Å². The monoisotopic (exact) mass is 534 g/mol. The van der Waals surface area contributed by atoms with Crippen LogP contribution in [0.1, 0.15) is 38.4 Å². The first kappa shape index (κ1) is 26.8. The Kier molecular flexibility index (Phi) is 8.53. The number of pyridine rings is 2. The summed E-state index contributed by atoms with van der Waals surface area (Å²) in [5.74, 6) is -0.837. The highest BCUT2D eigenvalue weighted by molar-refractivity contribution is 5.96. The third-order valence-corrected chi connectivity index (χ3v) is 7.32. The van der Waals surface area contributed by atoms with Gasteiger partial charge in [0.15, 0.2) is 0 Å². The van der Waals surface area contributed by atoms with Crippen LogP contribution in [0.5, 0.6) is 0 Å². The van der Waals surface area contributed by atoms with Crippen LogP contribution in [0, 0.1) is 5.82 Å². The lowest BCUT2D eigenvalue weighted by Gasteiger charge is -2.35. The lowest BCUT2D eigenvalue weighted by atomic mass is 10.0. The fourth-order valence-corrected chi connectivity index (χ4v) is 5.06. The van der Waals surface area contributed by atoms with Crippen LogP contribution >= 0.6 is 0 Å². The number of benzene rings is 1. The summed E-state index contributed by atoms with van der Waals surface area (Å²) in [4.78, 5) is 39.9. The number of nitrogens with one attached hydrogen (secondary N) is 1. The molecule has 1 aromatic carbocycles. The number of hydrogen-bond acceptors (Lipinski definition) is 6. The van der Waals surface area contributed by atoms with E-state index in [2.05, 4.69) is 20.2 Å². The van der Waals surface area contributed by atoms with Gasteiger partial charge in [-0.2, -0.15) is 0 Å². The largest absolute Gasteiger partial charge is 0.345 e. The lowest BCUT2D eigenvalue weighted by Crippen LogP contribution is -2.52.